The van der Waals surface area contributed by atoms with Gasteiger partial charge in [-0.2, -0.15) is 4.98 Å². The Morgan fingerprint density at radius 2 is 1.88 bits per heavy atom. The number of amides is 1. The van der Waals surface area contributed by atoms with Crippen molar-refractivity contribution in [1.29, 1.82) is 0 Å². The first-order chi connectivity index (χ1) is 20.3. The molecule has 1 fully saturated rings. The van der Waals surface area contributed by atoms with Crippen LogP contribution in [-0.4, -0.2) is 61.8 Å². The Bertz CT molecular complexity index is 1740. The Labute approximate surface area is 255 Å². The highest BCUT2D eigenvalue weighted by Crippen LogP contribution is 2.35. The van der Waals surface area contributed by atoms with Gasteiger partial charge >= 0.3 is 11.8 Å². The zero-order valence-corrected chi connectivity index (χ0v) is 26.0. The number of nitrogens with zero attached hydrogens (tertiary/aromatic N) is 6. The highest BCUT2D eigenvalue weighted by molar-refractivity contribution is 6.33. The van der Waals surface area contributed by atoms with Gasteiger partial charge in [0.25, 0.3) is 0 Å². The highest BCUT2D eigenvalue weighted by Gasteiger charge is 2.32. The van der Waals surface area contributed by atoms with Crippen molar-refractivity contribution in [3.05, 3.63) is 75.7 Å². The van der Waals surface area contributed by atoms with Gasteiger partial charge in [0.05, 0.1) is 27.5 Å². The third kappa shape index (κ3) is 6.34. The minimum atomic E-state index is -0.612. The van der Waals surface area contributed by atoms with Crippen LogP contribution < -0.4 is 10.6 Å². The quantitative estimate of drug-likeness (QED) is 0.264. The Balaban J connectivity index is 1.69. The van der Waals surface area contributed by atoms with Gasteiger partial charge in [-0.05, 0) is 70.4 Å². The van der Waals surface area contributed by atoms with Crippen LogP contribution in [0.2, 0.25) is 5.02 Å². The first kappa shape index (κ1) is 30.4. The van der Waals surface area contributed by atoms with E-state index in [0.717, 1.165) is 5.69 Å². The molecule has 9 nitrogen and oxygen atoms in total. The third-order valence-electron chi connectivity index (χ3n) is 7.19. The average molecular weight is 607 g/mol. The SMILES string of the molecule is CC(C)Cc1ncccc1-n1c(=O)nc(N2CCN(C(=O)OC(C)(C)C)C[C@@H]2C)c2cc(Cl)c(-c3ccccc3F)nc21. The standard InChI is InChI=1S/C32H36ClFN6O3/c1-19(2)16-25-26(12-9-13-35-25)40-29-22(17-23(33)27(36-29)21-10-7-8-11-24(21)34)28(37-30(40)41)39-15-14-38(18-20(39)3)31(42)43-32(4,5)6/h7-13,17,19-20H,14-16,18H2,1-6H3/t20-/m0/s1. The second-order valence-corrected chi connectivity index (χ2v) is 12.7. The number of hydrogen-bond donors (Lipinski definition) is 0. The molecule has 1 saturated heterocycles. The summed E-state index contributed by atoms with van der Waals surface area (Å²) in [7, 11) is 0. The van der Waals surface area contributed by atoms with Crippen LogP contribution in [0.5, 0.6) is 0 Å². The summed E-state index contributed by atoms with van der Waals surface area (Å²) in [5.41, 5.74) is 0.850. The molecule has 0 N–H and O–H groups in total. The summed E-state index contributed by atoms with van der Waals surface area (Å²) in [5, 5.41) is 0.751. The molecular weight excluding hydrogens is 571 g/mol. The van der Waals surface area contributed by atoms with Crippen molar-refractivity contribution in [2.45, 2.75) is 59.6 Å². The molecule has 43 heavy (non-hydrogen) atoms. The molecule has 5 rings (SSSR count). The van der Waals surface area contributed by atoms with E-state index >= 15 is 0 Å². The number of carbonyl (C=O) groups is 1. The maximum absolute atomic E-state index is 15.0. The molecule has 226 valence electrons. The van der Waals surface area contributed by atoms with Crippen LogP contribution in [0.4, 0.5) is 15.0 Å². The maximum Gasteiger partial charge on any atom is 0.410 e. The van der Waals surface area contributed by atoms with E-state index in [4.69, 9.17) is 21.3 Å². The zero-order chi connectivity index (χ0) is 31.1. The lowest BCUT2D eigenvalue weighted by Crippen LogP contribution is -2.55. The molecule has 0 unspecified atom stereocenters. The summed E-state index contributed by atoms with van der Waals surface area (Å²) in [4.78, 5) is 44.3. The minimum absolute atomic E-state index is 0.202. The number of rotatable bonds is 5. The maximum atomic E-state index is 15.0. The predicted molar refractivity (Wildman–Crippen MR) is 166 cm³/mol. The Morgan fingerprint density at radius 3 is 2.56 bits per heavy atom. The van der Waals surface area contributed by atoms with Gasteiger partial charge in [0.15, 0.2) is 5.65 Å². The molecule has 11 heteroatoms. The molecule has 0 saturated carbocycles. The third-order valence-corrected chi connectivity index (χ3v) is 7.48. The molecule has 0 aliphatic carbocycles. The highest BCUT2D eigenvalue weighted by atomic mass is 35.5. The van der Waals surface area contributed by atoms with Crippen LogP contribution >= 0.6 is 11.6 Å². The number of hydrogen-bond acceptors (Lipinski definition) is 7. The van der Waals surface area contributed by atoms with Crippen molar-refractivity contribution in [2.24, 2.45) is 5.92 Å². The summed E-state index contributed by atoms with van der Waals surface area (Å²) >= 11 is 6.78. The molecule has 1 aromatic carbocycles. The number of aromatic nitrogens is 4. The van der Waals surface area contributed by atoms with Crippen LogP contribution in [0.3, 0.4) is 0 Å². The Hall–Kier alpha value is -4.05. The molecule has 0 spiro atoms. The number of pyridine rings is 2. The van der Waals surface area contributed by atoms with Gasteiger partial charge in [-0.15, -0.1) is 0 Å². The molecule has 4 aromatic rings. The number of benzene rings is 1. The lowest BCUT2D eigenvalue weighted by molar-refractivity contribution is 0.0218. The fraction of sp³-hybridized carbons (Fsp3) is 0.406. The molecule has 4 heterocycles. The van der Waals surface area contributed by atoms with E-state index in [0.29, 0.717) is 42.9 Å². The number of halogens is 2. The molecule has 3 aromatic heterocycles. The smallest absolute Gasteiger partial charge is 0.410 e. The van der Waals surface area contributed by atoms with E-state index in [2.05, 4.69) is 23.8 Å². The van der Waals surface area contributed by atoms with Gasteiger partial charge in [0.2, 0.25) is 0 Å². The largest absolute Gasteiger partial charge is 0.444 e. The van der Waals surface area contributed by atoms with Crippen LogP contribution in [0, 0.1) is 11.7 Å². The van der Waals surface area contributed by atoms with Crippen molar-refractivity contribution in [3.63, 3.8) is 0 Å². The lowest BCUT2D eigenvalue weighted by Gasteiger charge is -2.41. The second kappa shape index (κ2) is 11.9. The summed E-state index contributed by atoms with van der Waals surface area (Å²) in [5.74, 6) is 0.200. The van der Waals surface area contributed by atoms with Gasteiger partial charge in [0, 0.05) is 37.4 Å². The fourth-order valence-corrected chi connectivity index (χ4v) is 5.58. The topological polar surface area (TPSA) is 93.5 Å². The summed E-state index contributed by atoms with van der Waals surface area (Å²) < 4.78 is 22.0. The molecular formula is C32H36ClFN6O3. The van der Waals surface area contributed by atoms with E-state index in [1.807, 2.05) is 38.7 Å². The summed E-state index contributed by atoms with van der Waals surface area (Å²) in [6.45, 7) is 12.8. The van der Waals surface area contributed by atoms with Crippen molar-refractivity contribution in [1.82, 2.24) is 24.4 Å². The van der Waals surface area contributed by atoms with E-state index in [9.17, 15) is 14.0 Å². The summed E-state index contributed by atoms with van der Waals surface area (Å²) in [6, 6.07) is 11.3. The van der Waals surface area contributed by atoms with Crippen LogP contribution in [0.25, 0.3) is 28.0 Å². The van der Waals surface area contributed by atoms with Gasteiger partial charge in [0.1, 0.15) is 17.2 Å². The molecule has 1 amide bonds. The van der Waals surface area contributed by atoms with Gasteiger partial charge in [-0.3, -0.25) is 4.98 Å². The van der Waals surface area contributed by atoms with E-state index < -0.39 is 17.1 Å². The number of fused-ring (bicyclic) bond motifs is 1. The second-order valence-electron chi connectivity index (χ2n) is 12.3. The fourth-order valence-electron chi connectivity index (χ4n) is 5.33. The number of ether oxygens (including phenoxy) is 1. The average Bonchev–Trinajstić information content (AvgIpc) is 2.92. The first-order valence-electron chi connectivity index (χ1n) is 14.4. The van der Waals surface area contributed by atoms with Crippen molar-refractivity contribution in [3.8, 4) is 16.9 Å². The number of anilines is 1. The van der Waals surface area contributed by atoms with E-state index in [-0.39, 0.29) is 40.0 Å². The van der Waals surface area contributed by atoms with E-state index in [1.54, 1.807) is 41.4 Å². The Kier molecular flexibility index (Phi) is 8.42. The Morgan fingerprint density at radius 1 is 1.14 bits per heavy atom. The minimum Gasteiger partial charge on any atom is -0.444 e. The van der Waals surface area contributed by atoms with E-state index in [1.165, 1.54) is 10.6 Å². The van der Waals surface area contributed by atoms with Gasteiger partial charge in [-0.1, -0.05) is 37.6 Å². The normalized spacial score (nSPS) is 15.8. The van der Waals surface area contributed by atoms with Gasteiger partial charge in [-0.25, -0.2) is 23.5 Å². The lowest BCUT2D eigenvalue weighted by atomic mass is 10.1. The zero-order valence-electron chi connectivity index (χ0n) is 25.3. The van der Waals surface area contributed by atoms with Crippen molar-refractivity contribution >= 4 is 34.5 Å². The van der Waals surface area contributed by atoms with Crippen molar-refractivity contribution in [2.75, 3.05) is 24.5 Å². The number of piperazine rings is 1. The van der Waals surface area contributed by atoms with Gasteiger partial charge < -0.3 is 14.5 Å². The van der Waals surface area contributed by atoms with Crippen LogP contribution in [-0.2, 0) is 11.2 Å². The van der Waals surface area contributed by atoms with Crippen LogP contribution in [0.1, 0.15) is 47.2 Å². The predicted octanol–water partition coefficient (Wildman–Crippen LogP) is 6.28. The van der Waals surface area contributed by atoms with Crippen LogP contribution in [0.15, 0.2) is 53.5 Å². The molecule has 1 aliphatic rings. The number of carbonyl (C=O) groups excluding carboxylic acids is 1. The molecule has 0 radical (unpaired) electrons. The first-order valence-corrected chi connectivity index (χ1v) is 14.8. The monoisotopic (exact) mass is 606 g/mol. The molecule has 0 bridgehead atoms. The summed E-state index contributed by atoms with van der Waals surface area (Å²) in [6.07, 6.45) is 1.93. The molecule has 1 atom stereocenters. The van der Waals surface area contributed by atoms with Crippen molar-refractivity contribution < 1.29 is 13.9 Å². The molecule has 1 aliphatic heterocycles.